The summed E-state index contributed by atoms with van der Waals surface area (Å²) in [5, 5.41) is 12.1. The maximum absolute atomic E-state index is 10.8. The van der Waals surface area contributed by atoms with E-state index in [4.69, 9.17) is 5.11 Å². The van der Waals surface area contributed by atoms with E-state index in [0.717, 1.165) is 17.9 Å². The standard InChI is InChI=1S/C16H18N2O2/c1-18(2)11-12-3-7-14(8-4-12)17-15-9-5-13(6-10-15)16(19)20/h3-10,17H,11H2,1-2H3,(H,19,20). The summed E-state index contributed by atoms with van der Waals surface area (Å²) in [4.78, 5) is 12.9. The van der Waals surface area contributed by atoms with E-state index >= 15 is 0 Å². The first-order chi connectivity index (χ1) is 9.54. The van der Waals surface area contributed by atoms with E-state index in [2.05, 4.69) is 22.3 Å². The maximum atomic E-state index is 10.8. The second kappa shape index (κ2) is 6.21. The Morgan fingerprint density at radius 3 is 1.95 bits per heavy atom. The topological polar surface area (TPSA) is 52.6 Å². The predicted octanol–water partition coefficient (Wildman–Crippen LogP) is 3.19. The van der Waals surface area contributed by atoms with Gasteiger partial charge >= 0.3 is 5.97 Å². The van der Waals surface area contributed by atoms with Gasteiger partial charge in [-0.2, -0.15) is 0 Å². The van der Waals surface area contributed by atoms with Crippen molar-refractivity contribution in [2.24, 2.45) is 0 Å². The summed E-state index contributed by atoms with van der Waals surface area (Å²) in [7, 11) is 4.08. The number of carboxylic acid groups (broad SMARTS) is 1. The van der Waals surface area contributed by atoms with Crippen LogP contribution in [0.3, 0.4) is 0 Å². The monoisotopic (exact) mass is 270 g/mol. The molecule has 2 N–H and O–H groups in total. The summed E-state index contributed by atoms with van der Waals surface area (Å²) in [6.07, 6.45) is 0. The third-order valence-corrected chi connectivity index (χ3v) is 2.87. The van der Waals surface area contributed by atoms with Gasteiger partial charge in [-0.05, 0) is 56.1 Å². The Kier molecular flexibility index (Phi) is 4.38. The van der Waals surface area contributed by atoms with Crippen LogP contribution in [0.25, 0.3) is 0 Å². The number of hydrogen-bond donors (Lipinski definition) is 2. The molecule has 0 amide bonds. The normalized spacial score (nSPS) is 10.6. The van der Waals surface area contributed by atoms with Crippen LogP contribution in [-0.2, 0) is 6.54 Å². The summed E-state index contributed by atoms with van der Waals surface area (Å²) in [6.45, 7) is 0.910. The van der Waals surface area contributed by atoms with Crippen LogP contribution < -0.4 is 5.32 Å². The van der Waals surface area contributed by atoms with Crippen LogP contribution in [0.1, 0.15) is 15.9 Å². The fourth-order valence-corrected chi connectivity index (χ4v) is 1.92. The number of nitrogens with one attached hydrogen (secondary N) is 1. The highest BCUT2D eigenvalue weighted by molar-refractivity contribution is 5.88. The Bertz CT molecular complexity index is 574. The van der Waals surface area contributed by atoms with E-state index < -0.39 is 5.97 Å². The average Bonchev–Trinajstić information content (AvgIpc) is 2.41. The molecule has 0 saturated carbocycles. The van der Waals surface area contributed by atoms with Crippen LogP contribution in [-0.4, -0.2) is 30.1 Å². The van der Waals surface area contributed by atoms with Crippen molar-refractivity contribution in [3.05, 3.63) is 59.7 Å². The van der Waals surface area contributed by atoms with Crippen LogP contribution in [0.2, 0.25) is 0 Å². The van der Waals surface area contributed by atoms with E-state index in [1.807, 2.05) is 26.2 Å². The van der Waals surface area contributed by atoms with Gasteiger partial charge in [0.15, 0.2) is 0 Å². The number of hydrogen-bond acceptors (Lipinski definition) is 3. The highest BCUT2D eigenvalue weighted by atomic mass is 16.4. The Morgan fingerprint density at radius 2 is 1.50 bits per heavy atom. The van der Waals surface area contributed by atoms with Crippen LogP contribution in [0, 0.1) is 0 Å². The van der Waals surface area contributed by atoms with Gasteiger partial charge in [0.1, 0.15) is 0 Å². The lowest BCUT2D eigenvalue weighted by Gasteiger charge is -2.11. The van der Waals surface area contributed by atoms with Crippen LogP contribution in [0.4, 0.5) is 11.4 Å². The first-order valence-corrected chi connectivity index (χ1v) is 6.38. The lowest BCUT2D eigenvalue weighted by molar-refractivity contribution is 0.0697. The molecule has 0 saturated heterocycles. The molecule has 4 nitrogen and oxygen atoms in total. The number of aromatic carboxylic acids is 1. The van der Waals surface area contributed by atoms with Crippen molar-refractivity contribution in [1.82, 2.24) is 4.90 Å². The van der Waals surface area contributed by atoms with Gasteiger partial charge in [0.05, 0.1) is 5.56 Å². The van der Waals surface area contributed by atoms with Gasteiger partial charge in [0, 0.05) is 17.9 Å². The minimum Gasteiger partial charge on any atom is -0.478 e. The molecular formula is C16H18N2O2. The number of nitrogens with zero attached hydrogens (tertiary/aromatic N) is 1. The molecule has 0 aliphatic heterocycles. The van der Waals surface area contributed by atoms with Crippen molar-refractivity contribution in [1.29, 1.82) is 0 Å². The molecule has 2 aromatic carbocycles. The molecule has 104 valence electrons. The molecule has 0 unspecified atom stereocenters. The zero-order valence-corrected chi connectivity index (χ0v) is 11.6. The third kappa shape index (κ3) is 3.83. The Balaban J connectivity index is 2.04. The van der Waals surface area contributed by atoms with Crippen LogP contribution in [0.5, 0.6) is 0 Å². The van der Waals surface area contributed by atoms with Crippen LogP contribution in [0.15, 0.2) is 48.5 Å². The van der Waals surface area contributed by atoms with E-state index in [1.54, 1.807) is 24.3 Å². The summed E-state index contributed by atoms with van der Waals surface area (Å²) < 4.78 is 0. The fraction of sp³-hybridized carbons (Fsp3) is 0.188. The van der Waals surface area contributed by atoms with E-state index in [1.165, 1.54) is 5.56 Å². The number of benzene rings is 2. The van der Waals surface area contributed by atoms with Crippen molar-refractivity contribution in [2.45, 2.75) is 6.54 Å². The summed E-state index contributed by atoms with van der Waals surface area (Å²) >= 11 is 0. The molecular weight excluding hydrogens is 252 g/mol. The molecule has 0 bridgehead atoms. The molecule has 4 heteroatoms. The predicted molar refractivity (Wildman–Crippen MR) is 80.5 cm³/mol. The maximum Gasteiger partial charge on any atom is 0.335 e. The minimum atomic E-state index is -0.912. The SMILES string of the molecule is CN(C)Cc1ccc(Nc2ccc(C(=O)O)cc2)cc1. The summed E-state index contributed by atoms with van der Waals surface area (Å²) in [5.74, 6) is -0.912. The van der Waals surface area contributed by atoms with E-state index in [9.17, 15) is 4.79 Å². The van der Waals surface area contributed by atoms with Gasteiger partial charge in [-0.25, -0.2) is 4.79 Å². The first-order valence-electron chi connectivity index (χ1n) is 6.38. The second-order valence-corrected chi connectivity index (χ2v) is 4.94. The Hall–Kier alpha value is -2.33. The minimum absolute atomic E-state index is 0.289. The van der Waals surface area contributed by atoms with Crippen molar-refractivity contribution < 1.29 is 9.90 Å². The number of anilines is 2. The van der Waals surface area contributed by atoms with E-state index in [0.29, 0.717) is 0 Å². The first kappa shape index (κ1) is 14.1. The molecule has 0 heterocycles. The zero-order valence-electron chi connectivity index (χ0n) is 11.6. The fourth-order valence-electron chi connectivity index (χ4n) is 1.92. The average molecular weight is 270 g/mol. The molecule has 20 heavy (non-hydrogen) atoms. The lowest BCUT2D eigenvalue weighted by Crippen LogP contribution is -2.10. The quantitative estimate of drug-likeness (QED) is 0.876. The second-order valence-electron chi connectivity index (χ2n) is 4.94. The zero-order chi connectivity index (χ0) is 14.5. The van der Waals surface area contributed by atoms with Gasteiger partial charge in [0.2, 0.25) is 0 Å². The largest absolute Gasteiger partial charge is 0.478 e. The molecule has 2 rings (SSSR count). The molecule has 2 aromatic rings. The molecule has 0 spiro atoms. The van der Waals surface area contributed by atoms with Gasteiger partial charge in [0.25, 0.3) is 0 Å². The van der Waals surface area contributed by atoms with Gasteiger partial charge in [-0.15, -0.1) is 0 Å². The number of rotatable bonds is 5. The van der Waals surface area contributed by atoms with Crippen molar-refractivity contribution in [2.75, 3.05) is 19.4 Å². The molecule has 0 fully saturated rings. The molecule has 0 aromatic heterocycles. The summed E-state index contributed by atoms with van der Waals surface area (Å²) in [5.41, 5.74) is 3.39. The van der Waals surface area contributed by atoms with Crippen LogP contribution >= 0.6 is 0 Å². The third-order valence-electron chi connectivity index (χ3n) is 2.87. The van der Waals surface area contributed by atoms with E-state index in [-0.39, 0.29) is 5.56 Å². The molecule has 0 atom stereocenters. The Labute approximate surface area is 118 Å². The summed E-state index contributed by atoms with van der Waals surface area (Å²) in [6, 6.07) is 14.9. The number of carboxylic acids is 1. The number of carbonyl (C=O) groups is 1. The van der Waals surface area contributed by atoms with Crippen molar-refractivity contribution >= 4 is 17.3 Å². The molecule has 0 radical (unpaired) electrons. The Morgan fingerprint density at radius 1 is 1.00 bits per heavy atom. The lowest BCUT2D eigenvalue weighted by atomic mass is 10.1. The highest BCUT2D eigenvalue weighted by Gasteiger charge is 2.02. The highest BCUT2D eigenvalue weighted by Crippen LogP contribution is 2.18. The molecule has 0 aliphatic carbocycles. The van der Waals surface area contributed by atoms with Gasteiger partial charge in [-0.3, -0.25) is 0 Å². The smallest absolute Gasteiger partial charge is 0.335 e. The van der Waals surface area contributed by atoms with Gasteiger partial charge < -0.3 is 15.3 Å². The van der Waals surface area contributed by atoms with Gasteiger partial charge in [-0.1, -0.05) is 12.1 Å². The van der Waals surface area contributed by atoms with Crippen molar-refractivity contribution in [3.63, 3.8) is 0 Å². The van der Waals surface area contributed by atoms with Crippen molar-refractivity contribution in [3.8, 4) is 0 Å². The molecule has 0 aliphatic rings.